The van der Waals surface area contributed by atoms with E-state index in [9.17, 15) is 8.42 Å². The van der Waals surface area contributed by atoms with E-state index in [0.29, 0.717) is 27.1 Å². The van der Waals surface area contributed by atoms with Gasteiger partial charge in [-0.15, -0.1) is 10.2 Å². The fourth-order valence-electron chi connectivity index (χ4n) is 4.43. The zero-order chi connectivity index (χ0) is 26.9. The molecule has 0 spiro atoms. The summed E-state index contributed by atoms with van der Waals surface area (Å²) in [6.07, 6.45) is 0. The van der Waals surface area contributed by atoms with Gasteiger partial charge in [0.15, 0.2) is 11.0 Å². The molecule has 9 heteroatoms. The highest BCUT2D eigenvalue weighted by molar-refractivity contribution is 7.98. The molecule has 0 aliphatic rings. The Labute approximate surface area is 232 Å². The van der Waals surface area contributed by atoms with Gasteiger partial charge in [0.2, 0.25) is 10.0 Å². The number of sulfonamides is 1. The van der Waals surface area contributed by atoms with E-state index in [1.807, 2.05) is 66.1 Å². The van der Waals surface area contributed by atoms with Gasteiger partial charge in [-0.1, -0.05) is 95.7 Å². The van der Waals surface area contributed by atoms with Gasteiger partial charge in [-0.2, -0.15) is 0 Å². The van der Waals surface area contributed by atoms with E-state index in [1.165, 1.54) is 11.1 Å². The van der Waals surface area contributed by atoms with Crippen LogP contribution in [-0.4, -0.2) is 23.2 Å². The number of aryl methyl sites for hydroxylation is 2. The molecule has 0 aliphatic carbocycles. The van der Waals surface area contributed by atoms with E-state index in [4.69, 9.17) is 11.6 Å². The second kappa shape index (κ2) is 10.9. The Kier molecular flexibility index (Phi) is 7.59. The van der Waals surface area contributed by atoms with Crippen LogP contribution in [0.2, 0.25) is 5.02 Å². The van der Waals surface area contributed by atoms with E-state index in [2.05, 4.69) is 40.0 Å². The lowest BCUT2D eigenvalue weighted by Gasteiger charge is -2.18. The Morgan fingerprint density at radius 1 is 0.947 bits per heavy atom. The van der Waals surface area contributed by atoms with Crippen molar-refractivity contribution in [2.75, 3.05) is 0 Å². The van der Waals surface area contributed by atoms with E-state index < -0.39 is 16.1 Å². The number of nitrogens with one attached hydrogen (secondary N) is 1. The summed E-state index contributed by atoms with van der Waals surface area (Å²) >= 11 is 7.92. The van der Waals surface area contributed by atoms with Gasteiger partial charge in [0.25, 0.3) is 0 Å². The van der Waals surface area contributed by atoms with Crippen molar-refractivity contribution < 1.29 is 8.42 Å². The molecule has 38 heavy (non-hydrogen) atoms. The molecule has 5 rings (SSSR count). The Hall–Kier alpha value is -3.17. The summed E-state index contributed by atoms with van der Waals surface area (Å²) in [5.74, 6) is 1.17. The fraction of sp³-hybridized carbons (Fsp3) is 0.172. The Morgan fingerprint density at radius 2 is 1.71 bits per heavy atom. The first kappa shape index (κ1) is 26.4. The Bertz CT molecular complexity index is 1730. The summed E-state index contributed by atoms with van der Waals surface area (Å²) in [6, 6.07) is 26.0. The maximum Gasteiger partial charge on any atom is 0.241 e. The highest BCUT2D eigenvalue weighted by Crippen LogP contribution is 2.31. The normalized spacial score (nSPS) is 12.6. The van der Waals surface area contributed by atoms with Crippen LogP contribution in [0.4, 0.5) is 0 Å². The van der Waals surface area contributed by atoms with Crippen molar-refractivity contribution in [1.29, 1.82) is 0 Å². The third kappa shape index (κ3) is 5.49. The van der Waals surface area contributed by atoms with Crippen molar-refractivity contribution in [2.45, 2.75) is 42.6 Å². The van der Waals surface area contributed by atoms with Crippen LogP contribution >= 0.6 is 23.4 Å². The van der Waals surface area contributed by atoms with Crippen molar-refractivity contribution in [3.8, 4) is 5.69 Å². The average Bonchev–Trinajstić information content (AvgIpc) is 3.32. The maximum absolute atomic E-state index is 13.6. The van der Waals surface area contributed by atoms with Gasteiger partial charge in [-0.3, -0.25) is 4.57 Å². The monoisotopic (exact) mass is 562 g/mol. The summed E-state index contributed by atoms with van der Waals surface area (Å²) in [6.45, 7) is 5.82. The van der Waals surface area contributed by atoms with Crippen LogP contribution < -0.4 is 4.72 Å². The lowest BCUT2D eigenvalue weighted by Crippen LogP contribution is -2.29. The van der Waals surface area contributed by atoms with Gasteiger partial charge < -0.3 is 0 Å². The predicted molar refractivity (Wildman–Crippen MR) is 155 cm³/mol. The topological polar surface area (TPSA) is 76.9 Å². The average molecular weight is 563 g/mol. The minimum atomic E-state index is -3.87. The van der Waals surface area contributed by atoms with E-state index in [0.717, 1.165) is 16.6 Å². The Morgan fingerprint density at radius 3 is 2.53 bits per heavy atom. The van der Waals surface area contributed by atoms with Crippen molar-refractivity contribution in [2.24, 2.45) is 0 Å². The molecule has 0 aliphatic heterocycles. The van der Waals surface area contributed by atoms with E-state index >= 15 is 0 Å². The van der Waals surface area contributed by atoms with Crippen LogP contribution in [0.3, 0.4) is 0 Å². The van der Waals surface area contributed by atoms with Gasteiger partial charge in [-0.25, -0.2) is 13.1 Å². The number of rotatable bonds is 8. The van der Waals surface area contributed by atoms with Crippen molar-refractivity contribution >= 4 is 44.2 Å². The summed E-state index contributed by atoms with van der Waals surface area (Å²) in [5.41, 5.74) is 4.13. The third-order valence-electron chi connectivity index (χ3n) is 6.28. The number of hydrogen-bond acceptors (Lipinski definition) is 5. The minimum Gasteiger partial charge on any atom is -0.272 e. The number of thioether (sulfide) groups is 1. The number of halogens is 1. The van der Waals surface area contributed by atoms with Crippen LogP contribution in [0.5, 0.6) is 0 Å². The molecule has 1 heterocycles. The second-order valence-corrected chi connectivity index (χ2v) is 12.3. The molecule has 1 N–H and O–H groups in total. The van der Waals surface area contributed by atoms with Crippen LogP contribution in [0.25, 0.3) is 16.5 Å². The highest BCUT2D eigenvalue weighted by atomic mass is 35.5. The lowest BCUT2D eigenvalue weighted by molar-refractivity contribution is 0.556. The molecule has 0 saturated heterocycles. The lowest BCUT2D eigenvalue weighted by atomic mass is 10.1. The molecule has 0 bridgehead atoms. The van der Waals surface area contributed by atoms with Gasteiger partial charge >= 0.3 is 0 Å². The third-order valence-corrected chi connectivity index (χ3v) is 9.11. The zero-order valence-corrected chi connectivity index (χ0v) is 23.6. The summed E-state index contributed by atoms with van der Waals surface area (Å²) in [7, 11) is -3.87. The number of benzene rings is 4. The van der Waals surface area contributed by atoms with E-state index in [1.54, 1.807) is 30.8 Å². The molecular formula is C29H27ClN4O2S2. The fourth-order valence-corrected chi connectivity index (χ4v) is 6.93. The standard InChI is InChI=1S/C29H27ClN4O2S2/c1-19-8-6-9-22(16-19)18-37-29-32-31-28(34(29)26-17-24(30)15-14-20(26)2)21(3)33-38(35,36)27-13-7-11-23-10-4-5-12-25(23)27/h4-17,21,33H,18H2,1-3H3. The minimum absolute atomic E-state index is 0.224. The first-order valence-electron chi connectivity index (χ1n) is 12.1. The zero-order valence-electron chi connectivity index (χ0n) is 21.2. The molecule has 0 fully saturated rings. The molecule has 1 unspecified atom stereocenters. The first-order chi connectivity index (χ1) is 18.2. The predicted octanol–water partition coefficient (Wildman–Crippen LogP) is 7.02. The number of fused-ring (bicyclic) bond motifs is 1. The van der Waals surface area contributed by atoms with Gasteiger partial charge in [-0.05, 0) is 55.5 Å². The maximum atomic E-state index is 13.6. The summed E-state index contributed by atoms with van der Waals surface area (Å²) < 4.78 is 31.8. The smallest absolute Gasteiger partial charge is 0.241 e. The van der Waals surface area contributed by atoms with Crippen molar-refractivity contribution in [3.05, 3.63) is 112 Å². The molecule has 1 aromatic heterocycles. The summed E-state index contributed by atoms with van der Waals surface area (Å²) in [4.78, 5) is 0.224. The Balaban J connectivity index is 1.53. The van der Waals surface area contributed by atoms with Gasteiger partial charge in [0.1, 0.15) is 0 Å². The molecule has 6 nitrogen and oxygen atoms in total. The van der Waals surface area contributed by atoms with Crippen LogP contribution in [0.15, 0.2) is 95.0 Å². The van der Waals surface area contributed by atoms with Crippen molar-refractivity contribution in [1.82, 2.24) is 19.5 Å². The summed E-state index contributed by atoms with van der Waals surface area (Å²) in [5, 5.41) is 11.7. The first-order valence-corrected chi connectivity index (χ1v) is 15.0. The highest BCUT2D eigenvalue weighted by Gasteiger charge is 2.26. The largest absolute Gasteiger partial charge is 0.272 e. The van der Waals surface area contributed by atoms with Gasteiger partial charge in [0.05, 0.1) is 16.6 Å². The van der Waals surface area contributed by atoms with Crippen LogP contribution in [0.1, 0.15) is 35.5 Å². The number of nitrogens with zero attached hydrogens (tertiary/aromatic N) is 3. The van der Waals surface area contributed by atoms with Crippen LogP contribution in [-0.2, 0) is 15.8 Å². The molecule has 0 saturated carbocycles. The second-order valence-electron chi connectivity index (χ2n) is 9.20. The number of aromatic nitrogens is 3. The number of hydrogen-bond donors (Lipinski definition) is 1. The van der Waals surface area contributed by atoms with Crippen molar-refractivity contribution in [3.63, 3.8) is 0 Å². The molecule has 1 atom stereocenters. The molecular weight excluding hydrogens is 536 g/mol. The molecule has 194 valence electrons. The molecule has 0 radical (unpaired) electrons. The van der Waals surface area contributed by atoms with Crippen LogP contribution in [0, 0.1) is 13.8 Å². The molecule has 5 aromatic rings. The van der Waals surface area contributed by atoms with E-state index in [-0.39, 0.29) is 4.90 Å². The quantitative estimate of drug-likeness (QED) is 0.206. The molecule has 4 aromatic carbocycles. The molecule has 0 amide bonds. The van der Waals surface area contributed by atoms with Gasteiger partial charge in [0, 0.05) is 16.2 Å². The SMILES string of the molecule is Cc1cccc(CSc2nnc(C(C)NS(=O)(=O)c3cccc4ccccc34)n2-c2cc(Cl)ccc2C)c1.